The summed E-state index contributed by atoms with van der Waals surface area (Å²) in [7, 11) is 0. The minimum atomic E-state index is -0.193. The minimum Gasteiger partial charge on any atom is -0.482 e. The van der Waals surface area contributed by atoms with E-state index in [1.54, 1.807) is 12.1 Å². The molecule has 20 heavy (non-hydrogen) atoms. The van der Waals surface area contributed by atoms with Crippen LogP contribution in [-0.4, -0.2) is 31.0 Å². The number of amides is 1. The van der Waals surface area contributed by atoms with Gasteiger partial charge in [0.25, 0.3) is 5.91 Å². The van der Waals surface area contributed by atoms with Gasteiger partial charge in [0.1, 0.15) is 5.75 Å². The smallest absolute Gasteiger partial charge is 0.262 e. The number of carbonyl (C=O) groups is 2. The molecule has 0 aliphatic carbocycles. The zero-order valence-corrected chi connectivity index (χ0v) is 12.5. The molecule has 0 bridgehead atoms. The van der Waals surface area contributed by atoms with Gasteiger partial charge in [0.2, 0.25) is 0 Å². The molecule has 2 aliphatic rings. The van der Waals surface area contributed by atoms with Crippen LogP contribution >= 0.6 is 15.9 Å². The van der Waals surface area contributed by atoms with E-state index in [2.05, 4.69) is 21.2 Å². The molecule has 1 aromatic rings. The molecule has 2 aliphatic heterocycles. The van der Waals surface area contributed by atoms with Gasteiger partial charge < -0.3 is 14.8 Å². The number of halogens is 1. The van der Waals surface area contributed by atoms with Gasteiger partial charge in [-0.2, -0.15) is 0 Å². The summed E-state index contributed by atoms with van der Waals surface area (Å²) < 4.78 is 11.5. The number of nitrogens with one attached hydrogen (secondary N) is 1. The normalized spacial score (nSPS) is 24.8. The summed E-state index contributed by atoms with van der Waals surface area (Å²) in [6.07, 6.45) is 0.857. The van der Waals surface area contributed by atoms with E-state index in [-0.39, 0.29) is 30.3 Å². The number of anilines is 1. The van der Waals surface area contributed by atoms with Crippen molar-refractivity contribution in [3.05, 3.63) is 22.2 Å². The topological polar surface area (TPSA) is 64.6 Å². The Labute approximate surface area is 124 Å². The molecule has 6 heteroatoms. The fraction of sp³-hybridized carbons (Fsp3) is 0.429. The highest BCUT2D eigenvalue weighted by atomic mass is 79.9. The Morgan fingerprint density at radius 3 is 2.95 bits per heavy atom. The molecule has 3 rings (SSSR count). The second-order valence-electron chi connectivity index (χ2n) is 5.11. The number of carbonyl (C=O) groups excluding carboxylic acids is 2. The highest BCUT2D eigenvalue weighted by Crippen LogP contribution is 2.36. The molecule has 2 heterocycles. The van der Waals surface area contributed by atoms with Crippen molar-refractivity contribution in [1.29, 1.82) is 0 Å². The fourth-order valence-corrected chi connectivity index (χ4v) is 3.05. The predicted octanol–water partition coefficient (Wildman–Crippen LogP) is 2.39. The van der Waals surface area contributed by atoms with Crippen LogP contribution in [-0.2, 0) is 9.53 Å². The van der Waals surface area contributed by atoms with Gasteiger partial charge in [-0.15, -0.1) is 0 Å². The molecule has 0 aromatic heterocycles. The van der Waals surface area contributed by atoms with Gasteiger partial charge >= 0.3 is 0 Å². The maximum atomic E-state index is 12.5. The third kappa shape index (κ3) is 2.45. The van der Waals surface area contributed by atoms with Crippen molar-refractivity contribution in [2.45, 2.75) is 19.4 Å². The average molecular weight is 340 g/mol. The predicted molar refractivity (Wildman–Crippen MR) is 76.1 cm³/mol. The van der Waals surface area contributed by atoms with Crippen molar-refractivity contribution in [3.8, 4) is 5.75 Å². The van der Waals surface area contributed by atoms with E-state index in [4.69, 9.17) is 9.47 Å². The Balaban J connectivity index is 1.90. The molecule has 1 fully saturated rings. The van der Waals surface area contributed by atoms with Crippen molar-refractivity contribution in [1.82, 2.24) is 0 Å². The number of benzene rings is 1. The number of ether oxygens (including phenoxy) is 2. The largest absolute Gasteiger partial charge is 0.482 e. The van der Waals surface area contributed by atoms with Gasteiger partial charge in [-0.3, -0.25) is 9.59 Å². The number of ketones is 1. The Bertz CT molecular complexity index is 587. The summed E-state index contributed by atoms with van der Waals surface area (Å²) in [6.45, 7) is 2.40. The highest BCUT2D eigenvalue weighted by molar-refractivity contribution is 9.10. The summed E-state index contributed by atoms with van der Waals surface area (Å²) in [6, 6.07) is 3.39. The molecule has 5 nitrogen and oxygen atoms in total. The average Bonchev–Trinajstić information content (AvgIpc) is 2.84. The molecule has 1 aromatic carbocycles. The van der Waals surface area contributed by atoms with Crippen molar-refractivity contribution in [2.24, 2.45) is 5.92 Å². The number of Topliss-reactive ketones (excluding diaryl/α,β-unsaturated/α-hetero) is 1. The van der Waals surface area contributed by atoms with Crippen LogP contribution in [0.2, 0.25) is 0 Å². The van der Waals surface area contributed by atoms with Crippen LogP contribution in [0.3, 0.4) is 0 Å². The molecule has 1 N–H and O–H groups in total. The lowest BCUT2D eigenvalue weighted by Gasteiger charge is -2.20. The first kappa shape index (κ1) is 13.6. The van der Waals surface area contributed by atoms with Crippen LogP contribution in [0.1, 0.15) is 23.7 Å². The van der Waals surface area contributed by atoms with E-state index >= 15 is 0 Å². The number of fused-ring (bicyclic) bond motifs is 1. The van der Waals surface area contributed by atoms with Crippen LogP contribution in [0.4, 0.5) is 5.69 Å². The van der Waals surface area contributed by atoms with Gasteiger partial charge in [0, 0.05) is 16.0 Å². The molecule has 1 amide bonds. The Hall–Kier alpha value is -1.40. The quantitative estimate of drug-likeness (QED) is 0.840. The number of hydrogen-bond acceptors (Lipinski definition) is 4. The van der Waals surface area contributed by atoms with Crippen molar-refractivity contribution >= 4 is 33.3 Å². The molecule has 0 spiro atoms. The first-order chi connectivity index (χ1) is 9.54. The SMILES string of the molecule is CC1CC(C(=O)c2cc3c(cc2Br)NC(=O)CO3)CO1. The molecular formula is C14H14BrNO4. The van der Waals surface area contributed by atoms with E-state index in [9.17, 15) is 9.59 Å². The van der Waals surface area contributed by atoms with Crippen LogP contribution in [0.25, 0.3) is 0 Å². The van der Waals surface area contributed by atoms with Crippen LogP contribution in [0.15, 0.2) is 16.6 Å². The van der Waals surface area contributed by atoms with Crippen molar-refractivity contribution in [3.63, 3.8) is 0 Å². The lowest BCUT2D eigenvalue weighted by atomic mass is 9.95. The number of hydrogen-bond donors (Lipinski definition) is 1. The Morgan fingerprint density at radius 1 is 1.45 bits per heavy atom. The van der Waals surface area contributed by atoms with E-state index < -0.39 is 0 Å². The first-order valence-electron chi connectivity index (χ1n) is 6.46. The second-order valence-corrected chi connectivity index (χ2v) is 5.96. The van der Waals surface area contributed by atoms with E-state index in [1.165, 1.54) is 0 Å². The molecule has 2 unspecified atom stereocenters. The summed E-state index contributed by atoms with van der Waals surface area (Å²) >= 11 is 3.39. The summed E-state index contributed by atoms with van der Waals surface area (Å²) in [4.78, 5) is 23.8. The van der Waals surface area contributed by atoms with Crippen molar-refractivity contribution in [2.75, 3.05) is 18.5 Å². The maximum absolute atomic E-state index is 12.5. The Morgan fingerprint density at radius 2 is 2.25 bits per heavy atom. The standard InChI is InChI=1S/C14H14BrNO4/c1-7-2-8(5-19-7)14(18)9-3-12-11(4-10(9)15)16-13(17)6-20-12/h3-4,7-8H,2,5-6H2,1H3,(H,16,17). The molecular weight excluding hydrogens is 326 g/mol. The molecule has 2 atom stereocenters. The monoisotopic (exact) mass is 339 g/mol. The van der Waals surface area contributed by atoms with E-state index in [1.807, 2.05) is 6.92 Å². The molecule has 106 valence electrons. The van der Waals surface area contributed by atoms with Crippen LogP contribution in [0.5, 0.6) is 5.75 Å². The van der Waals surface area contributed by atoms with Gasteiger partial charge in [0.05, 0.1) is 18.4 Å². The summed E-state index contributed by atoms with van der Waals surface area (Å²) in [5.41, 5.74) is 1.16. The zero-order chi connectivity index (χ0) is 14.3. The lowest BCUT2D eigenvalue weighted by molar-refractivity contribution is -0.118. The van der Waals surface area contributed by atoms with Gasteiger partial charge in [-0.1, -0.05) is 0 Å². The molecule has 0 saturated carbocycles. The lowest BCUT2D eigenvalue weighted by Crippen LogP contribution is -2.26. The maximum Gasteiger partial charge on any atom is 0.262 e. The second kappa shape index (κ2) is 5.18. The van der Waals surface area contributed by atoms with Gasteiger partial charge in [0.15, 0.2) is 12.4 Å². The summed E-state index contributed by atoms with van der Waals surface area (Å²) in [5, 5.41) is 2.71. The van der Waals surface area contributed by atoms with Crippen molar-refractivity contribution < 1.29 is 19.1 Å². The highest BCUT2D eigenvalue weighted by Gasteiger charge is 2.31. The summed E-state index contributed by atoms with van der Waals surface area (Å²) in [5.74, 6) is 0.270. The van der Waals surface area contributed by atoms with Crippen LogP contribution in [0, 0.1) is 5.92 Å². The fourth-order valence-electron chi connectivity index (χ4n) is 2.51. The van der Waals surface area contributed by atoms with E-state index in [0.29, 0.717) is 28.1 Å². The third-order valence-corrected chi connectivity index (χ3v) is 4.19. The van der Waals surface area contributed by atoms with Gasteiger partial charge in [-0.25, -0.2) is 0 Å². The minimum absolute atomic E-state index is 0.0220. The Kier molecular flexibility index (Phi) is 3.52. The molecule has 0 radical (unpaired) electrons. The van der Waals surface area contributed by atoms with E-state index in [0.717, 1.165) is 6.42 Å². The first-order valence-corrected chi connectivity index (χ1v) is 7.26. The van der Waals surface area contributed by atoms with Gasteiger partial charge in [-0.05, 0) is 41.4 Å². The number of rotatable bonds is 2. The third-order valence-electron chi connectivity index (χ3n) is 3.54. The molecule has 1 saturated heterocycles. The van der Waals surface area contributed by atoms with Crippen LogP contribution < -0.4 is 10.1 Å². The zero-order valence-electron chi connectivity index (χ0n) is 10.9.